The highest BCUT2D eigenvalue weighted by atomic mass is 127. The van der Waals surface area contributed by atoms with Crippen molar-refractivity contribution in [3.63, 3.8) is 0 Å². The van der Waals surface area contributed by atoms with E-state index in [1.165, 1.54) is 6.92 Å². The molecule has 0 radical (unpaired) electrons. The van der Waals surface area contributed by atoms with Gasteiger partial charge in [0.25, 0.3) is 0 Å². The summed E-state index contributed by atoms with van der Waals surface area (Å²) in [6.45, 7) is 5.54. The van der Waals surface area contributed by atoms with Gasteiger partial charge in [-0.15, -0.1) is 0 Å². The minimum Gasteiger partial charge on any atom is -0.435 e. The summed E-state index contributed by atoms with van der Waals surface area (Å²) >= 11 is 5.84. The predicted octanol–water partition coefficient (Wildman–Crippen LogP) is 2.12. The SMILES string of the molecule is CC(=O)OC1O[C@H](C)C[C@H](O[C@@H]2O[C@H](C)[C@@H]3OCO[C@@H]3[C@H]2Br)[C@H]1I. The lowest BCUT2D eigenvalue weighted by Gasteiger charge is -2.43. The summed E-state index contributed by atoms with van der Waals surface area (Å²) in [5, 5.41) is 0. The average molecular weight is 521 g/mol. The molecule has 3 rings (SSSR count). The minimum atomic E-state index is -0.620. The summed E-state index contributed by atoms with van der Waals surface area (Å²) in [6.07, 6.45) is -0.927. The van der Waals surface area contributed by atoms with Gasteiger partial charge in [-0.1, -0.05) is 38.5 Å². The van der Waals surface area contributed by atoms with Crippen LogP contribution in [0.2, 0.25) is 0 Å². The number of ether oxygens (including phenoxy) is 6. The second-order valence-electron chi connectivity index (χ2n) is 6.31. The summed E-state index contributed by atoms with van der Waals surface area (Å²) in [5.74, 6) is -0.366. The topological polar surface area (TPSA) is 72.5 Å². The van der Waals surface area contributed by atoms with Crippen LogP contribution in [0.3, 0.4) is 0 Å². The molecule has 9 heteroatoms. The zero-order chi connectivity index (χ0) is 17.4. The molecule has 0 spiro atoms. The van der Waals surface area contributed by atoms with E-state index >= 15 is 0 Å². The van der Waals surface area contributed by atoms with Crippen LogP contribution in [-0.4, -0.2) is 64.6 Å². The molecule has 0 saturated carbocycles. The molecule has 0 bridgehead atoms. The number of carbonyl (C=O) groups is 1. The van der Waals surface area contributed by atoms with E-state index in [-0.39, 0.29) is 52.0 Å². The van der Waals surface area contributed by atoms with Gasteiger partial charge in [-0.2, -0.15) is 0 Å². The van der Waals surface area contributed by atoms with Crippen LogP contribution in [0.15, 0.2) is 0 Å². The number of alkyl halides is 2. The molecule has 3 aliphatic rings. The molecule has 9 atom stereocenters. The first-order valence-electron chi connectivity index (χ1n) is 8.01. The Hall–Kier alpha value is 0.480. The number of esters is 1. The Kier molecular flexibility index (Phi) is 6.43. The summed E-state index contributed by atoms with van der Waals surface area (Å²) in [4.78, 5) is 11.1. The maximum Gasteiger partial charge on any atom is 0.304 e. The number of hydrogen-bond donors (Lipinski definition) is 0. The summed E-state index contributed by atoms with van der Waals surface area (Å²) in [6, 6.07) is 0. The molecule has 0 aromatic rings. The van der Waals surface area contributed by atoms with Crippen molar-refractivity contribution < 1.29 is 33.2 Å². The van der Waals surface area contributed by atoms with Crippen LogP contribution < -0.4 is 0 Å². The second kappa shape index (κ2) is 8.01. The predicted molar refractivity (Wildman–Crippen MR) is 95.1 cm³/mol. The van der Waals surface area contributed by atoms with E-state index in [4.69, 9.17) is 28.4 Å². The van der Waals surface area contributed by atoms with E-state index in [1.807, 2.05) is 13.8 Å². The lowest BCUT2D eigenvalue weighted by Crippen LogP contribution is -2.56. The summed E-state index contributed by atoms with van der Waals surface area (Å²) in [7, 11) is 0. The summed E-state index contributed by atoms with van der Waals surface area (Å²) in [5.41, 5.74) is 0. The molecule has 0 aliphatic carbocycles. The van der Waals surface area contributed by atoms with Gasteiger partial charge in [-0.25, -0.2) is 0 Å². The Morgan fingerprint density at radius 1 is 1.17 bits per heavy atom. The number of fused-ring (bicyclic) bond motifs is 1. The van der Waals surface area contributed by atoms with Crippen LogP contribution in [0.4, 0.5) is 0 Å². The molecule has 1 unspecified atom stereocenters. The maximum atomic E-state index is 11.3. The van der Waals surface area contributed by atoms with Crippen molar-refractivity contribution in [3.8, 4) is 0 Å². The van der Waals surface area contributed by atoms with Gasteiger partial charge in [0.2, 0.25) is 6.29 Å². The first-order valence-corrected chi connectivity index (χ1v) is 10.2. The van der Waals surface area contributed by atoms with Crippen LogP contribution in [-0.2, 0) is 33.2 Å². The van der Waals surface area contributed by atoms with E-state index < -0.39 is 12.6 Å². The van der Waals surface area contributed by atoms with Crippen LogP contribution in [0, 0.1) is 0 Å². The second-order valence-corrected chi connectivity index (χ2v) is 8.81. The van der Waals surface area contributed by atoms with Crippen LogP contribution in [0.1, 0.15) is 27.2 Å². The van der Waals surface area contributed by atoms with E-state index in [0.717, 1.165) is 0 Å². The Morgan fingerprint density at radius 3 is 2.58 bits per heavy atom. The molecule has 0 aromatic heterocycles. The standard InChI is InChI=1S/C15H22BrIO7/c1-6-4-9(11(17)15(21-6)23-8(3)18)24-14-10(16)13-12(7(2)22-14)19-5-20-13/h6-7,9-15H,4-5H2,1-3H3/t6-,7-,9+,10-,11-,12+,13-,14+,15?/m1/s1. The molecule has 0 aromatic carbocycles. The Bertz CT molecular complexity index is 467. The van der Waals surface area contributed by atoms with Crippen molar-refractivity contribution >= 4 is 44.5 Å². The lowest BCUT2D eigenvalue weighted by molar-refractivity contribution is -0.264. The lowest BCUT2D eigenvalue weighted by atomic mass is 10.0. The van der Waals surface area contributed by atoms with Gasteiger partial charge < -0.3 is 28.4 Å². The van der Waals surface area contributed by atoms with Gasteiger partial charge in [0.05, 0.1) is 27.1 Å². The quantitative estimate of drug-likeness (QED) is 0.320. The molecule has 0 amide bonds. The Balaban J connectivity index is 1.66. The molecule has 0 N–H and O–H groups in total. The minimum absolute atomic E-state index is 0.0704. The highest BCUT2D eigenvalue weighted by Crippen LogP contribution is 2.37. The van der Waals surface area contributed by atoms with Crippen molar-refractivity contribution in [1.29, 1.82) is 0 Å². The molecule has 3 saturated heterocycles. The molecular formula is C15H22BrIO7. The fourth-order valence-corrected chi connectivity index (χ4v) is 4.72. The van der Waals surface area contributed by atoms with Gasteiger partial charge in [0, 0.05) is 13.3 Å². The third-order valence-electron chi connectivity index (χ3n) is 4.37. The smallest absolute Gasteiger partial charge is 0.304 e. The number of halogens is 2. The largest absolute Gasteiger partial charge is 0.435 e. The van der Waals surface area contributed by atoms with E-state index in [1.54, 1.807) is 0 Å². The zero-order valence-electron chi connectivity index (χ0n) is 13.7. The monoisotopic (exact) mass is 520 g/mol. The van der Waals surface area contributed by atoms with Crippen molar-refractivity contribution in [3.05, 3.63) is 0 Å². The van der Waals surface area contributed by atoms with Gasteiger partial charge in [0.15, 0.2) is 6.29 Å². The highest BCUT2D eigenvalue weighted by molar-refractivity contribution is 14.1. The normalized spacial score (nSPS) is 48.8. The molecule has 3 fully saturated rings. The first kappa shape index (κ1) is 19.2. The van der Waals surface area contributed by atoms with Crippen molar-refractivity contribution in [1.82, 2.24) is 0 Å². The van der Waals surface area contributed by atoms with Crippen LogP contribution in [0.5, 0.6) is 0 Å². The molecule has 3 aliphatic heterocycles. The van der Waals surface area contributed by atoms with Crippen molar-refractivity contribution in [2.45, 2.75) is 79.0 Å². The molecule has 138 valence electrons. The van der Waals surface area contributed by atoms with Gasteiger partial charge in [-0.05, 0) is 13.8 Å². The molecular weight excluding hydrogens is 499 g/mol. The van der Waals surface area contributed by atoms with E-state index in [0.29, 0.717) is 6.42 Å². The van der Waals surface area contributed by atoms with E-state index in [9.17, 15) is 4.79 Å². The zero-order valence-corrected chi connectivity index (χ0v) is 17.5. The molecule has 3 heterocycles. The van der Waals surface area contributed by atoms with Gasteiger partial charge in [-0.3, -0.25) is 4.79 Å². The van der Waals surface area contributed by atoms with Gasteiger partial charge >= 0.3 is 5.97 Å². The molecule has 7 nitrogen and oxygen atoms in total. The number of hydrogen-bond acceptors (Lipinski definition) is 7. The first-order chi connectivity index (χ1) is 11.4. The van der Waals surface area contributed by atoms with Crippen LogP contribution in [0.25, 0.3) is 0 Å². The fourth-order valence-electron chi connectivity index (χ4n) is 3.24. The molecule has 24 heavy (non-hydrogen) atoms. The number of carbonyl (C=O) groups excluding carboxylic acids is 1. The van der Waals surface area contributed by atoms with E-state index in [2.05, 4.69) is 38.5 Å². The third kappa shape index (κ3) is 4.07. The average Bonchev–Trinajstić information content (AvgIpc) is 2.99. The Morgan fingerprint density at radius 2 is 1.88 bits per heavy atom. The van der Waals surface area contributed by atoms with Gasteiger partial charge in [0.1, 0.15) is 19.0 Å². The van der Waals surface area contributed by atoms with Crippen LogP contribution >= 0.6 is 38.5 Å². The third-order valence-corrected chi connectivity index (χ3v) is 6.71. The number of rotatable bonds is 3. The Labute approximate surface area is 163 Å². The van der Waals surface area contributed by atoms with Crippen molar-refractivity contribution in [2.24, 2.45) is 0 Å². The highest BCUT2D eigenvalue weighted by Gasteiger charge is 2.50. The van der Waals surface area contributed by atoms with Crippen molar-refractivity contribution in [2.75, 3.05) is 6.79 Å². The fraction of sp³-hybridized carbons (Fsp3) is 0.933. The summed E-state index contributed by atoms with van der Waals surface area (Å²) < 4.78 is 34.3. The maximum absolute atomic E-state index is 11.3.